The molecule has 0 aromatic carbocycles. The van der Waals surface area contributed by atoms with E-state index in [1.54, 1.807) is 0 Å². The van der Waals surface area contributed by atoms with Gasteiger partial charge in [-0.2, -0.15) is 0 Å². The monoisotopic (exact) mass is 395 g/mol. The van der Waals surface area contributed by atoms with Crippen LogP contribution in [-0.4, -0.2) is 54.6 Å². The molecule has 0 radical (unpaired) electrons. The summed E-state index contributed by atoms with van der Waals surface area (Å²) in [6.07, 6.45) is 3.19. The second-order valence-corrected chi connectivity index (χ2v) is 9.83. The van der Waals surface area contributed by atoms with Crippen molar-refractivity contribution in [1.82, 2.24) is 15.5 Å². The average molecular weight is 396 g/mol. The van der Waals surface area contributed by atoms with E-state index in [2.05, 4.69) is 31.4 Å². The third-order valence-electron chi connectivity index (χ3n) is 5.79. The van der Waals surface area contributed by atoms with Crippen molar-refractivity contribution < 1.29 is 19.1 Å². The highest BCUT2D eigenvalue weighted by Crippen LogP contribution is 2.31. The Morgan fingerprint density at radius 3 is 2.32 bits per heavy atom. The van der Waals surface area contributed by atoms with Crippen LogP contribution < -0.4 is 10.6 Å². The Kier molecular flexibility index (Phi) is 7.34. The minimum Gasteiger partial charge on any atom is -0.464 e. The van der Waals surface area contributed by atoms with E-state index in [-0.39, 0.29) is 18.5 Å². The van der Waals surface area contributed by atoms with Gasteiger partial charge in [-0.1, -0.05) is 34.6 Å². The number of carbonyl (C=O) groups excluding carboxylic acids is 3. The molecule has 1 aliphatic heterocycles. The van der Waals surface area contributed by atoms with Gasteiger partial charge in [0.25, 0.3) is 0 Å². The van der Waals surface area contributed by atoms with Crippen molar-refractivity contribution in [1.29, 1.82) is 0 Å². The fraction of sp³-hybridized carbons (Fsp3) is 0.857. The largest absolute Gasteiger partial charge is 0.464 e. The Balaban J connectivity index is 1.90. The molecule has 2 rings (SSSR count). The van der Waals surface area contributed by atoms with E-state index >= 15 is 0 Å². The molecule has 1 saturated carbocycles. The molecule has 0 aromatic rings. The Morgan fingerprint density at radius 2 is 1.82 bits per heavy atom. The molecule has 2 aliphatic rings. The number of ether oxygens (including phenoxy) is 1. The van der Waals surface area contributed by atoms with Crippen molar-refractivity contribution in [3.63, 3.8) is 0 Å². The molecule has 3 unspecified atom stereocenters. The summed E-state index contributed by atoms with van der Waals surface area (Å²) in [5, 5.41) is 5.30. The zero-order valence-corrected chi connectivity index (χ0v) is 18.2. The van der Waals surface area contributed by atoms with Gasteiger partial charge < -0.3 is 20.3 Å². The maximum absolute atomic E-state index is 13.2. The van der Waals surface area contributed by atoms with E-state index < -0.39 is 23.5 Å². The molecule has 7 heteroatoms. The highest BCUT2D eigenvalue weighted by molar-refractivity contribution is 5.89. The Labute approximate surface area is 168 Å². The molecule has 1 heterocycles. The molecule has 3 atom stereocenters. The third-order valence-corrected chi connectivity index (χ3v) is 5.79. The summed E-state index contributed by atoms with van der Waals surface area (Å²) in [6.45, 7) is 13.2. The van der Waals surface area contributed by atoms with Gasteiger partial charge in [-0.15, -0.1) is 0 Å². The Hall–Kier alpha value is -1.79. The molecule has 1 saturated heterocycles. The van der Waals surface area contributed by atoms with Crippen molar-refractivity contribution in [2.24, 2.45) is 23.2 Å². The van der Waals surface area contributed by atoms with Gasteiger partial charge >= 0.3 is 12.0 Å². The fourth-order valence-corrected chi connectivity index (χ4v) is 3.56. The van der Waals surface area contributed by atoms with Gasteiger partial charge in [0.15, 0.2) is 0 Å². The molecule has 0 bridgehead atoms. The second-order valence-electron chi connectivity index (χ2n) is 9.83. The number of hydrogen-bond donors (Lipinski definition) is 2. The number of likely N-dealkylation sites (tertiary alicyclic amines) is 1. The SMILES string of the molecule is CC(C)C1CC(C)N(C(=O)C(NC(=O)NCC(=O)OCC2CC2)C(C)(C)C)C1. The summed E-state index contributed by atoms with van der Waals surface area (Å²) in [6, 6.07) is -1.03. The number of esters is 1. The van der Waals surface area contributed by atoms with Gasteiger partial charge in [0.2, 0.25) is 5.91 Å². The van der Waals surface area contributed by atoms with Crippen LogP contribution in [0.15, 0.2) is 0 Å². The molecule has 0 spiro atoms. The van der Waals surface area contributed by atoms with Crippen LogP contribution in [0.1, 0.15) is 60.8 Å². The molecule has 0 aromatic heterocycles. The number of amides is 3. The first kappa shape index (κ1) is 22.5. The van der Waals surface area contributed by atoms with Crippen LogP contribution in [0, 0.1) is 23.2 Å². The number of carbonyl (C=O) groups is 3. The lowest BCUT2D eigenvalue weighted by Gasteiger charge is -2.35. The van der Waals surface area contributed by atoms with Crippen molar-refractivity contribution in [3.8, 4) is 0 Å². The zero-order valence-electron chi connectivity index (χ0n) is 18.2. The first-order valence-electron chi connectivity index (χ1n) is 10.5. The highest BCUT2D eigenvalue weighted by Gasteiger charge is 2.41. The van der Waals surface area contributed by atoms with Gasteiger partial charge in [-0.25, -0.2) is 4.79 Å². The standard InChI is InChI=1S/C21H37N3O4/c1-13(2)16-9-14(3)24(11-16)19(26)18(21(4,5)6)23-20(27)22-10-17(25)28-12-15-7-8-15/h13-16,18H,7-12H2,1-6H3,(H2,22,23,27). The predicted octanol–water partition coefficient (Wildman–Crippen LogP) is 2.55. The Morgan fingerprint density at radius 1 is 1.18 bits per heavy atom. The maximum atomic E-state index is 13.2. The van der Waals surface area contributed by atoms with Gasteiger partial charge in [-0.3, -0.25) is 9.59 Å². The maximum Gasteiger partial charge on any atom is 0.325 e. The van der Waals surface area contributed by atoms with Crippen LogP contribution in [0.5, 0.6) is 0 Å². The minimum atomic E-state index is -0.664. The lowest BCUT2D eigenvalue weighted by molar-refractivity contribution is -0.142. The number of urea groups is 1. The molecule has 160 valence electrons. The first-order valence-corrected chi connectivity index (χ1v) is 10.5. The smallest absolute Gasteiger partial charge is 0.325 e. The Bertz CT molecular complexity index is 581. The van der Waals surface area contributed by atoms with Crippen molar-refractivity contribution in [2.75, 3.05) is 19.7 Å². The van der Waals surface area contributed by atoms with Crippen LogP contribution in [0.4, 0.5) is 4.79 Å². The van der Waals surface area contributed by atoms with Crippen LogP contribution >= 0.6 is 0 Å². The second kappa shape index (κ2) is 9.14. The normalized spacial score (nSPS) is 23.5. The summed E-state index contributed by atoms with van der Waals surface area (Å²) in [5.74, 6) is 0.974. The van der Waals surface area contributed by atoms with E-state index in [4.69, 9.17) is 4.74 Å². The molecule has 3 amide bonds. The van der Waals surface area contributed by atoms with Crippen LogP contribution in [0.25, 0.3) is 0 Å². The fourth-order valence-electron chi connectivity index (χ4n) is 3.56. The quantitative estimate of drug-likeness (QED) is 0.649. The lowest BCUT2D eigenvalue weighted by Crippen LogP contribution is -2.57. The van der Waals surface area contributed by atoms with Gasteiger partial charge in [0.1, 0.15) is 12.6 Å². The molecule has 1 aliphatic carbocycles. The molecule has 28 heavy (non-hydrogen) atoms. The predicted molar refractivity (Wildman–Crippen MR) is 108 cm³/mol. The molecule has 2 N–H and O–H groups in total. The summed E-state index contributed by atoms with van der Waals surface area (Å²) in [7, 11) is 0. The summed E-state index contributed by atoms with van der Waals surface area (Å²) < 4.78 is 5.11. The zero-order chi connectivity index (χ0) is 21.1. The highest BCUT2D eigenvalue weighted by atomic mass is 16.5. The van der Waals surface area contributed by atoms with E-state index in [1.807, 2.05) is 25.7 Å². The summed E-state index contributed by atoms with van der Waals surface area (Å²) in [4.78, 5) is 39.2. The number of nitrogens with one attached hydrogen (secondary N) is 2. The third kappa shape index (κ3) is 6.38. The molecule has 2 fully saturated rings. The van der Waals surface area contributed by atoms with E-state index in [9.17, 15) is 14.4 Å². The van der Waals surface area contributed by atoms with Gasteiger partial charge in [0, 0.05) is 12.6 Å². The van der Waals surface area contributed by atoms with E-state index in [0.29, 0.717) is 24.4 Å². The number of rotatable bonds is 7. The molecular weight excluding hydrogens is 358 g/mol. The average Bonchev–Trinajstić information content (AvgIpc) is 3.34. The first-order chi connectivity index (χ1) is 13.0. The van der Waals surface area contributed by atoms with E-state index in [1.165, 1.54) is 0 Å². The molecular formula is C21H37N3O4. The lowest BCUT2D eigenvalue weighted by atomic mass is 9.85. The van der Waals surface area contributed by atoms with Crippen molar-refractivity contribution in [2.45, 2.75) is 72.9 Å². The minimum absolute atomic E-state index is 0.0605. The summed E-state index contributed by atoms with van der Waals surface area (Å²) >= 11 is 0. The number of hydrogen-bond acceptors (Lipinski definition) is 4. The van der Waals surface area contributed by atoms with Gasteiger partial charge in [-0.05, 0) is 49.4 Å². The van der Waals surface area contributed by atoms with Crippen molar-refractivity contribution >= 4 is 17.9 Å². The van der Waals surface area contributed by atoms with Crippen LogP contribution in [0.2, 0.25) is 0 Å². The van der Waals surface area contributed by atoms with Crippen LogP contribution in [-0.2, 0) is 14.3 Å². The van der Waals surface area contributed by atoms with Crippen LogP contribution in [0.3, 0.4) is 0 Å². The molecule has 7 nitrogen and oxygen atoms in total. The van der Waals surface area contributed by atoms with Gasteiger partial charge in [0.05, 0.1) is 6.61 Å². The van der Waals surface area contributed by atoms with Crippen molar-refractivity contribution in [3.05, 3.63) is 0 Å². The topological polar surface area (TPSA) is 87.7 Å². The number of nitrogens with zero attached hydrogens (tertiary/aromatic N) is 1. The summed E-state index contributed by atoms with van der Waals surface area (Å²) in [5.41, 5.74) is -0.448. The van der Waals surface area contributed by atoms with E-state index in [0.717, 1.165) is 25.8 Å².